The van der Waals surface area contributed by atoms with E-state index in [9.17, 15) is 19.5 Å². The number of methoxy groups -OCH3 is 1. The molecular formula is C19H16ClN3O5. The van der Waals surface area contributed by atoms with Crippen LogP contribution in [-0.2, 0) is 16.1 Å². The van der Waals surface area contributed by atoms with Crippen LogP contribution in [0.4, 0.5) is 0 Å². The van der Waals surface area contributed by atoms with Crippen LogP contribution in [0.2, 0.25) is 5.02 Å². The maximum absolute atomic E-state index is 13.1. The van der Waals surface area contributed by atoms with Gasteiger partial charge >= 0.3 is 5.97 Å². The first kappa shape index (κ1) is 19.4. The second kappa shape index (κ2) is 8.10. The smallest absolute Gasteiger partial charge is 0.325 e. The number of H-pyrrole nitrogens is 1. The lowest BCUT2D eigenvalue weighted by molar-refractivity contribution is -0.141. The van der Waals surface area contributed by atoms with Gasteiger partial charge in [-0.25, -0.2) is 5.10 Å². The van der Waals surface area contributed by atoms with Crippen LogP contribution in [0.25, 0.3) is 10.8 Å². The van der Waals surface area contributed by atoms with Crippen molar-refractivity contribution in [3.8, 4) is 5.75 Å². The van der Waals surface area contributed by atoms with E-state index < -0.39 is 17.4 Å². The molecule has 1 aromatic heterocycles. The highest BCUT2D eigenvalue weighted by Crippen LogP contribution is 2.24. The average molecular weight is 402 g/mol. The Balaban J connectivity index is 2.04. The minimum atomic E-state index is -0.649. The van der Waals surface area contributed by atoms with Gasteiger partial charge in [0, 0.05) is 16.0 Å². The van der Waals surface area contributed by atoms with Gasteiger partial charge in [0.2, 0.25) is 0 Å². The number of aromatic nitrogens is 2. The van der Waals surface area contributed by atoms with Gasteiger partial charge in [0.15, 0.2) is 5.69 Å². The molecule has 3 rings (SSSR count). The number of rotatable bonds is 5. The van der Waals surface area contributed by atoms with E-state index in [4.69, 9.17) is 11.6 Å². The first-order chi connectivity index (χ1) is 13.4. The molecule has 0 aliphatic rings. The van der Waals surface area contributed by atoms with Crippen LogP contribution in [0, 0.1) is 0 Å². The molecule has 0 aliphatic heterocycles. The molecule has 28 heavy (non-hydrogen) atoms. The van der Waals surface area contributed by atoms with E-state index in [1.165, 1.54) is 25.3 Å². The lowest BCUT2D eigenvalue weighted by atomic mass is 10.1. The molecule has 1 amide bonds. The first-order valence-corrected chi connectivity index (χ1v) is 8.59. The summed E-state index contributed by atoms with van der Waals surface area (Å²) in [5, 5.41) is 17.2. The van der Waals surface area contributed by atoms with Crippen molar-refractivity contribution in [2.75, 3.05) is 13.7 Å². The van der Waals surface area contributed by atoms with Gasteiger partial charge in [-0.05, 0) is 24.3 Å². The van der Waals surface area contributed by atoms with E-state index >= 15 is 0 Å². The molecule has 0 aliphatic carbocycles. The largest absolute Gasteiger partial charge is 0.508 e. The van der Waals surface area contributed by atoms with Crippen LogP contribution >= 0.6 is 11.6 Å². The highest BCUT2D eigenvalue weighted by molar-refractivity contribution is 6.30. The highest BCUT2D eigenvalue weighted by Gasteiger charge is 2.24. The molecule has 0 saturated carbocycles. The number of halogens is 1. The molecule has 0 saturated heterocycles. The first-order valence-electron chi connectivity index (χ1n) is 8.21. The van der Waals surface area contributed by atoms with Gasteiger partial charge in [0.1, 0.15) is 12.3 Å². The number of benzene rings is 2. The monoisotopic (exact) mass is 401 g/mol. The minimum absolute atomic E-state index is 0.0272. The number of aromatic hydroxyl groups is 1. The van der Waals surface area contributed by atoms with Gasteiger partial charge in [0.05, 0.1) is 19.0 Å². The van der Waals surface area contributed by atoms with Crippen molar-refractivity contribution in [2.24, 2.45) is 0 Å². The average Bonchev–Trinajstić information content (AvgIpc) is 2.70. The van der Waals surface area contributed by atoms with Crippen molar-refractivity contribution >= 4 is 34.2 Å². The molecule has 2 aromatic carbocycles. The molecule has 9 heteroatoms. The normalized spacial score (nSPS) is 10.6. The van der Waals surface area contributed by atoms with Gasteiger partial charge < -0.3 is 14.7 Å². The van der Waals surface area contributed by atoms with Gasteiger partial charge in [-0.15, -0.1) is 0 Å². The molecule has 0 unspecified atom stereocenters. The van der Waals surface area contributed by atoms with Crippen LogP contribution in [-0.4, -0.2) is 45.7 Å². The molecule has 0 bridgehead atoms. The third-order valence-corrected chi connectivity index (χ3v) is 4.37. The zero-order valence-corrected chi connectivity index (χ0v) is 15.6. The number of nitrogens with one attached hydrogen (secondary N) is 1. The summed E-state index contributed by atoms with van der Waals surface area (Å²) in [7, 11) is 1.20. The summed E-state index contributed by atoms with van der Waals surface area (Å²) in [6, 6.07) is 10.9. The second-order valence-corrected chi connectivity index (χ2v) is 6.39. The van der Waals surface area contributed by atoms with Crippen molar-refractivity contribution in [1.82, 2.24) is 15.1 Å². The van der Waals surface area contributed by atoms with E-state index in [1.54, 1.807) is 24.3 Å². The Morgan fingerprint density at radius 2 is 1.93 bits per heavy atom. The van der Waals surface area contributed by atoms with E-state index in [0.717, 1.165) is 4.90 Å². The number of esters is 1. The summed E-state index contributed by atoms with van der Waals surface area (Å²) < 4.78 is 4.67. The summed E-state index contributed by atoms with van der Waals surface area (Å²) in [4.78, 5) is 38.1. The standard InChI is InChI=1S/C19H16ClN3O5/c1-28-16(25)10-23(9-11-8-12(20)6-7-15(11)24)19(27)17-13-4-2-3-5-14(13)18(26)22-21-17/h2-8,24H,9-10H2,1H3,(H,22,26). The van der Waals surface area contributed by atoms with Crippen molar-refractivity contribution in [2.45, 2.75) is 6.54 Å². The molecule has 0 fully saturated rings. The highest BCUT2D eigenvalue weighted by atomic mass is 35.5. The van der Waals surface area contributed by atoms with Crippen molar-refractivity contribution in [1.29, 1.82) is 0 Å². The number of carbonyl (C=O) groups is 2. The maximum Gasteiger partial charge on any atom is 0.325 e. The van der Waals surface area contributed by atoms with Crippen molar-refractivity contribution in [3.05, 3.63) is 69.1 Å². The van der Waals surface area contributed by atoms with Gasteiger partial charge in [0.25, 0.3) is 11.5 Å². The molecule has 0 radical (unpaired) electrons. The minimum Gasteiger partial charge on any atom is -0.508 e. The number of hydrogen-bond donors (Lipinski definition) is 2. The Bertz CT molecular complexity index is 1110. The summed E-state index contributed by atoms with van der Waals surface area (Å²) in [6.45, 7) is -0.494. The fraction of sp³-hybridized carbons (Fsp3) is 0.158. The number of phenolic OH excluding ortho intramolecular Hbond substituents is 1. The number of hydrogen-bond acceptors (Lipinski definition) is 6. The second-order valence-electron chi connectivity index (χ2n) is 5.96. The fourth-order valence-electron chi connectivity index (χ4n) is 2.73. The molecule has 2 N–H and O–H groups in total. The van der Waals surface area contributed by atoms with Crippen molar-refractivity contribution in [3.63, 3.8) is 0 Å². The number of nitrogens with zero attached hydrogens (tertiary/aromatic N) is 2. The van der Waals surface area contributed by atoms with Gasteiger partial charge in [-0.2, -0.15) is 5.10 Å². The van der Waals surface area contributed by atoms with E-state index in [2.05, 4.69) is 14.9 Å². The number of amides is 1. The fourth-order valence-corrected chi connectivity index (χ4v) is 2.93. The van der Waals surface area contributed by atoms with E-state index in [-0.39, 0.29) is 24.5 Å². The van der Waals surface area contributed by atoms with Crippen LogP contribution in [0.1, 0.15) is 16.1 Å². The third-order valence-electron chi connectivity index (χ3n) is 4.14. The quantitative estimate of drug-likeness (QED) is 0.633. The number of aromatic amines is 1. The van der Waals surface area contributed by atoms with Crippen LogP contribution in [0.15, 0.2) is 47.3 Å². The molecule has 144 valence electrons. The Labute approximate surface area is 164 Å². The molecule has 1 heterocycles. The number of ether oxygens (including phenoxy) is 1. The lowest BCUT2D eigenvalue weighted by Crippen LogP contribution is -2.37. The molecule has 0 spiro atoms. The zero-order chi connectivity index (χ0) is 20.3. The topological polar surface area (TPSA) is 113 Å². The Kier molecular flexibility index (Phi) is 5.60. The summed E-state index contributed by atoms with van der Waals surface area (Å²) in [6.07, 6.45) is 0. The lowest BCUT2D eigenvalue weighted by Gasteiger charge is -2.22. The summed E-state index contributed by atoms with van der Waals surface area (Å²) in [5.74, 6) is -1.34. The molecule has 3 aromatic rings. The van der Waals surface area contributed by atoms with Gasteiger partial charge in [-0.3, -0.25) is 14.4 Å². The molecule has 0 atom stereocenters. The predicted octanol–water partition coefficient (Wildman–Crippen LogP) is 2.10. The van der Waals surface area contributed by atoms with Gasteiger partial charge in [-0.1, -0.05) is 29.8 Å². The van der Waals surface area contributed by atoms with Crippen LogP contribution < -0.4 is 5.56 Å². The molecular weight excluding hydrogens is 386 g/mol. The van der Waals surface area contributed by atoms with E-state index in [0.29, 0.717) is 21.4 Å². The van der Waals surface area contributed by atoms with Crippen LogP contribution in [0.5, 0.6) is 5.75 Å². The Hall–Kier alpha value is -3.39. The van der Waals surface area contributed by atoms with Crippen LogP contribution in [0.3, 0.4) is 0 Å². The Morgan fingerprint density at radius 1 is 1.21 bits per heavy atom. The van der Waals surface area contributed by atoms with Crippen molar-refractivity contribution < 1.29 is 19.4 Å². The summed E-state index contributed by atoms with van der Waals surface area (Å²) >= 11 is 5.97. The summed E-state index contributed by atoms with van der Waals surface area (Å²) in [5.41, 5.74) is -0.113. The maximum atomic E-state index is 13.1. The van der Waals surface area contributed by atoms with E-state index in [1.807, 2.05) is 0 Å². The predicted molar refractivity (Wildman–Crippen MR) is 102 cm³/mol. The number of phenols is 1. The molecule has 8 nitrogen and oxygen atoms in total. The SMILES string of the molecule is COC(=O)CN(Cc1cc(Cl)ccc1O)C(=O)c1n[nH]c(=O)c2ccccc12. The zero-order valence-electron chi connectivity index (χ0n) is 14.8. The Morgan fingerprint density at radius 3 is 2.64 bits per heavy atom. The number of fused-ring (bicyclic) bond motifs is 1. The number of carbonyl (C=O) groups excluding carboxylic acids is 2. The third kappa shape index (κ3) is 3.96.